The van der Waals surface area contributed by atoms with Crippen molar-refractivity contribution in [3.63, 3.8) is 0 Å². The molecular formula is C23H51NO8. The lowest BCUT2D eigenvalue weighted by molar-refractivity contribution is -0.126. The number of ether oxygens (including phenoxy) is 7. The molecule has 0 radical (unpaired) electrons. The number of hydrogen-bond donors (Lipinski definition) is 1. The van der Waals surface area contributed by atoms with E-state index in [-0.39, 0.29) is 20.0 Å². The number of nitrogens with one attached hydrogen (secondary N) is 1. The van der Waals surface area contributed by atoms with Crippen molar-refractivity contribution in [2.45, 2.75) is 53.6 Å². The van der Waals surface area contributed by atoms with Crippen molar-refractivity contribution in [1.82, 2.24) is 5.32 Å². The third-order valence-electron chi connectivity index (χ3n) is 3.61. The van der Waals surface area contributed by atoms with Gasteiger partial charge in [-0.25, -0.2) is 0 Å². The summed E-state index contributed by atoms with van der Waals surface area (Å²) < 4.78 is 37.5. The minimum absolute atomic E-state index is 0. The zero-order valence-electron chi connectivity index (χ0n) is 21.2. The zero-order valence-corrected chi connectivity index (χ0v) is 21.2. The van der Waals surface area contributed by atoms with Crippen LogP contribution in [-0.2, 0) is 38.0 Å². The van der Waals surface area contributed by atoms with E-state index >= 15 is 0 Å². The quantitative estimate of drug-likeness (QED) is 0.216. The fraction of sp³-hybridized carbons (Fsp3) is 0.957. The van der Waals surface area contributed by atoms with Crippen LogP contribution in [0.1, 0.15) is 48.9 Å². The van der Waals surface area contributed by atoms with Crippen LogP contribution in [0, 0.1) is 0 Å². The Morgan fingerprint density at radius 3 is 1.62 bits per heavy atom. The molecule has 0 aliphatic rings. The Labute approximate surface area is 197 Å². The van der Waals surface area contributed by atoms with E-state index in [1.54, 1.807) is 0 Å². The van der Waals surface area contributed by atoms with Gasteiger partial charge in [-0.15, -0.1) is 0 Å². The van der Waals surface area contributed by atoms with Crippen LogP contribution in [0.5, 0.6) is 0 Å². The van der Waals surface area contributed by atoms with Crippen LogP contribution in [0.2, 0.25) is 0 Å². The highest BCUT2D eigenvalue weighted by atomic mass is 16.6. The van der Waals surface area contributed by atoms with Crippen molar-refractivity contribution < 1.29 is 39.4 Å². The Hall–Kier alpha value is -0.810. The molecule has 0 aromatic heterocycles. The Bertz CT molecular complexity index is 365. The highest BCUT2D eigenvalue weighted by Gasteiger charge is 2.01. The van der Waals surface area contributed by atoms with E-state index in [1.165, 1.54) is 0 Å². The van der Waals surface area contributed by atoms with Crippen molar-refractivity contribution in [2.24, 2.45) is 0 Å². The summed E-state index contributed by atoms with van der Waals surface area (Å²) in [4.78, 5) is 11.6. The first-order chi connectivity index (χ1) is 15.7. The van der Waals surface area contributed by atoms with Gasteiger partial charge in [-0.2, -0.15) is 0 Å². The molecule has 0 saturated heterocycles. The molecule has 32 heavy (non-hydrogen) atoms. The monoisotopic (exact) mass is 469 g/mol. The van der Waals surface area contributed by atoms with Crippen molar-refractivity contribution in [1.29, 1.82) is 0 Å². The molecule has 1 amide bonds. The van der Waals surface area contributed by atoms with Crippen LogP contribution < -0.4 is 5.32 Å². The maximum atomic E-state index is 11.6. The standard InChI is InChI=1S/C21H43NO8.C2H6.H2/c1-4-5-7-24-9-10-25-8-6-22-21(23)19-29-16-15-27-12-11-26-13-14-28-17-18-30-20(2)3;1-2;/h20H,4-19H2,1-3H3,(H,22,23);1-2H3;1H. The molecular weight excluding hydrogens is 418 g/mol. The molecule has 0 fully saturated rings. The van der Waals surface area contributed by atoms with Crippen LogP contribution in [0.3, 0.4) is 0 Å². The molecule has 0 saturated carbocycles. The fourth-order valence-corrected chi connectivity index (χ4v) is 2.05. The third-order valence-corrected chi connectivity index (χ3v) is 3.61. The van der Waals surface area contributed by atoms with Crippen LogP contribution in [0.25, 0.3) is 0 Å². The van der Waals surface area contributed by atoms with Gasteiger partial charge in [0, 0.05) is 14.6 Å². The summed E-state index contributed by atoms with van der Waals surface area (Å²) in [5.74, 6) is -0.167. The largest absolute Gasteiger partial charge is 0.379 e. The maximum absolute atomic E-state index is 11.6. The molecule has 0 unspecified atom stereocenters. The molecule has 0 aromatic rings. The zero-order chi connectivity index (χ0) is 24.1. The number of carbonyl (C=O) groups excluding carboxylic acids is 1. The first kappa shape index (κ1) is 33.4. The lowest BCUT2D eigenvalue weighted by atomic mass is 10.4. The van der Waals surface area contributed by atoms with Crippen LogP contribution in [0.15, 0.2) is 0 Å². The van der Waals surface area contributed by atoms with Crippen molar-refractivity contribution in [2.75, 3.05) is 92.4 Å². The number of amides is 1. The summed E-state index contributed by atoms with van der Waals surface area (Å²) in [5, 5.41) is 2.73. The molecule has 0 rings (SSSR count). The van der Waals surface area contributed by atoms with E-state index in [0.717, 1.165) is 19.4 Å². The summed E-state index contributed by atoms with van der Waals surface area (Å²) in [6, 6.07) is 0. The summed E-state index contributed by atoms with van der Waals surface area (Å²) in [5.41, 5.74) is 0. The van der Waals surface area contributed by atoms with E-state index in [2.05, 4.69) is 12.2 Å². The first-order valence-electron chi connectivity index (χ1n) is 12.0. The Balaban J connectivity index is -0.00000291. The maximum Gasteiger partial charge on any atom is 0.246 e. The molecule has 1 N–H and O–H groups in total. The van der Waals surface area contributed by atoms with Crippen molar-refractivity contribution in [3.05, 3.63) is 0 Å². The van der Waals surface area contributed by atoms with E-state index < -0.39 is 0 Å². The van der Waals surface area contributed by atoms with Gasteiger partial charge < -0.3 is 38.5 Å². The van der Waals surface area contributed by atoms with Crippen molar-refractivity contribution in [3.8, 4) is 0 Å². The molecule has 0 spiro atoms. The number of hydrogen-bond acceptors (Lipinski definition) is 8. The molecule has 0 heterocycles. The summed E-state index contributed by atoms with van der Waals surface area (Å²) >= 11 is 0. The summed E-state index contributed by atoms with van der Waals surface area (Å²) in [7, 11) is 0. The summed E-state index contributed by atoms with van der Waals surface area (Å²) in [6.07, 6.45) is 2.42. The highest BCUT2D eigenvalue weighted by molar-refractivity contribution is 5.77. The molecule has 9 nitrogen and oxygen atoms in total. The Morgan fingerprint density at radius 2 is 1.12 bits per heavy atom. The van der Waals surface area contributed by atoms with E-state index in [0.29, 0.717) is 79.2 Å². The molecule has 196 valence electrons. The molecule has 0 aliphatic heterocycles. The highest BCUT2D eigenvalue weighted by Crippen LogP contribution is 1.89. The van der Waals surface area contributed by atoms with Gasteiger partial charge >= 0.3 is 0 Å². The van der Waals surface area contributed by atoms with Gasteiger partial charge in [0.2, 0.25) is 5.91 Å². The lowest BCUT2D eigenvalue weighted by Gasteiger charge is -2.09. The van der Waals surface area contributed by atoms with Crippen molar-refractivity contribution >= 4 is 5.91 Å². The van der Waals surface area contributed by atoms with Crippen LogP contribution in [-0.4, -0.2) is 104 Å². The van der Waals surface area contributed by atoms with Gasteiger partial charge in [0.25, 0.3) is 0 Å². The Morgan fingerprint density at radius 1 is 0.688 bits per heavy atom. The summed E-state index contributed by atoms with van der Waals surface area (Å²) in [6.45, 7) is 16.9. The SMILES string of the molecule is CC.CCCCOCCOCCNC(=O)COCCOCCOCCOCCOC(C)C.[HH]. The minimum atomic E-state index is -0.167. The van der Waals surface area contributed by atoms with Gasteiger partial charge in [-0.3, -0.25) is 4.79 Å². The van der Waals surface area contributed by atoms with E-state index in [9.17, 15) is 4.79 Å². The predicted octanol–water partition coefficient (Wildman–Crippen LogP) is 2.70. The molecule has 0 aliphatic carbocycles. The number of unbranched alkanes of at least 4 members (excludes halogenated alkanes) is 1. The second-order valence-electron chi connectivity index (χ2n) is 6.74. The third kappa shape index (κ3) is 31.4. The first-order valence-corrected chi connectivity index (χ1v) is 12.0. The van der Waals surface area contributed by atoms with Gasteiger partial charge in [-0.05, 0) is 20.3 Å². The fourth-order valence-electron chi connectivity index (χ4n) is 2.05. The lowest BCUT2D eigenvalue weighted by Crippen LogP contribution is -2.31. The molecule has 0 atom stereocenters. The van der Waals surface area contributed by atoms with Gasteiger partial charge in [-0.1, -0.05) is 27.2 Å². The second-order valence-corrected chi connectivity index (χ2v) is 6.74. The normalized spacial score (nSPS) is 10.8. The van der Waals surface area contributed by atoms with Gasteiger partial charge in [0.15, 0.2) is 0 Å². The molecule has 0 bridgehead atoms. The van der Waals surface area contributed by atoms with Gasteiger partial charge in [0.1, 0.15) is 6.61 Å². The van der Waals surface area contributed by atoms with Crippen LogP contribution >= 0.6 is 0 Å². The van der Waals surface area contributed by atoms with E-state index in [4.69, 9.17) is 33.2 Å². The number of rotatable bonds is 24. The average molecular weight is 470 g/mol. The topological polar surface area (TPSA) is 93.7 Å². The predicted molar refractivity (Wildman–Crippen MR) is 127 cm³/mol. The van der Waals surface area contributed by atoms with E-state index in [1.807, 2.05) is 27.7 Å². The molecule has 9 heteroatoms. The van der Waals surface area contributed by atoms with Crippen LogP contribution in [0.4, 0.5) is 0 Å². The average Bonchev–Trinajstić information content (AvgIpc) is 2.79. The second kappa shape index (κ2) is 30.2. The number of carbonyl (C=O) groups is 1. The Kier molecular flexibility index (Phi) is 31.5. The van der Waals surface area contributed by atoms with Gasteiger partial charge in [0.05, 0.1) is 78.8 Å². The molecule has 0 aromatic carbocycles. The minimum Gasteiger partial charge on any atom is -0.379 e. The smallest absolute Gasteiger partial charge is 0.246 e.